The first kappa shape index (κ1) is 33.4. The number of allylic oxidation sites excluding steroid dienone is 2. The van der Waals surface area contributed by atoms with Crippen LogP contribution in [0.5, 0.6) is 0 Å². The molecule has 5 aromatic rings. The Balaban J connectivity index is 0.000000263. The van der Waals surface area contributed by atoms with E-state index in [1.807, 2.05) is 49.8 Å². The van der Waals surface area contributed by atoms with Crippen LogP contribution in [0.1, 0.15) is 63.8 Å². The predicted octanol–water partition coefficient (Wildman–Crippen LogP) is 10.2. The number of nitrogens with zero attached hydrogens (tertiary/aromatic N) is 1. The van der Waals surface area contributed by atoms with Gasteiger partial charge in [0.25, 0.3) is 0 Å². The Hall–Kier alpha value is -3.11. The predicted molar refractivity (Wildman–Crippen MR) is 176 cm³/mol. The number of carbonyl (C=O) groups is 1. The van der Waals surface area contributed by atoms with Crippen molar-refractivity contribution < 1.29 is 34.6 Å². The van der Waals surface area contributed by atoms with Crippen LogP contribution in [-0.2, 0) is 24.9 Å². The van der Waals surface area contributed by atoms with Gasteiger partial charge in [0.15, 0.2) is 5.78 Å². The topological polar surface area (TPSA) is 41.2 Å². The molecule has 0 unspecified atom stereocenters. The monoisotopic (exact) mass is 757 g/mol. The number of carbonyl (C=O) groups excluding carboxylic acids is 1. The minimum absolute atomic E-state index is 0. The van der Waals surface area contributed by atoms with Gasteiger partial charge in [0.05, 0.1) is 17.6 Å². The summed E-state index contributed by atoms with van der Waals surface area (Å²) < 4.78 is 3.24. The quantitative estimate of drug-likeness (QED) is 0.0563. The summed E-state index contributed by atoms with van der Waals surface area (Å²) in [6.45, 7) is 14.6. The number of thiophene rings is 1. The van der Waals surface area contributed by atoms with Gasteiger partial charge in [-0.2, -0.15) is 18.6 Å². The second-order valence-corrected chi connectivity index (χ2v) is 12.0. The average Bonchev–Trinajstić information content (AvgIpc) is 3.34. The summed E-state index contributed by atoms with van der Waals surface area (Å²) in [6, 6.07) is 21.8. The molecule has 3 nitrogen and oxygen atoms in total. The van der Waals surface area contributed by atoms with Crippen molar-refractivity contribution >= 4 is 48.8 Å². The third kappa shape index (κ3) is 7.09. The smallest absolute Gasteiger partial charge is 0.162 e. The van der Waals surface area contributed by atoms with Crippen LogP contribution in [0, 0.1) is 32.7 Å². The summed E-state index contributed by atoms with van der Waals surface area (Å²) >= 11 is 1.82. The van der Waals surface area contributed by atoms with E-state index in [1.54, 1.807) is 0 Å². The molecule has 5 heteroatoms. The minimum Gasteiger partial charge on any atom is -0.512 e. The third-order valence-corrected chi connectivity index (χ3v) is 9.20. The van der Waals surface area contributed by atoms with Gasteiger partial charge in [0, 0.05) is 54.6 Å². The molecule has 0 spiro atoms. The molecule has 0 atom stereocenters. The standard InChI is InChI=1S/C24H18NS.C13H24O2.Ir/c1-15-12-22-18(9-8-17-6-4-5-7-20(17)22)14-21(15)23-24-19(10-11-25(23)3)13-16(2)26-24;1-5-10(6-2)12(14)9-13(15)11(7-3)8-4;/h4-14H,1,3H2,2H3;9-11,14H,5-8H2,1-4H3;/q-1;;/b;12-9-;. The van der Waals surface area contributed by atoms with Crippen molar-refractivity contribution in [2.45, 2.75) is 60.3 Å². The number of aliphatic hydroxyl groups is 1. The Morgan fingerprint density at radius 1 is 0.881 bits per heavy atom. The van der Waals surface area contributed by atoms with Gasteiger partial charge in [-0.25, -0.2) is 0 Å². The first-order valence-electron chi connectivity index (χ1n) is 14.7. The van der Waals surface area contributed by atoms with Crippen molar-refractivity contribution in [1.29, 1.82) is 0 Å². The number of pyridine rings is 1. The first-order valence-corrected chi connectivity index (χ1v) is 15.5. The molecular weight excluding hydrogens is 715 g/mol. The molecule has 0 fully saturated rings. The molecule has 0 aliphatic rings. The molecule has 223 valence electrons. The summed E-state index contributed by atoms with van der Waals surface area (Å²) in [6.07, 6.45) is 6.94. The normalized spacial score (nSPS) is 11.6. The van der Waals surface area contributed by atoms with Crippen molar-refractivity contribution in [3.63, 3.8) is 0 Å². The Bertz CT molecular complexity index is 1710. The molecule has 3 aromatic carbocycles. The van der Waals surface area contributed by atoms with E-state index < -0.39 is 0 Å². The van der Waals surface area contributed by atoms with E-state index in [9.17, 15) is 9.90 Å². The van der Waals surface area contributed by atoms with Gasteiger partial charge in [-0.05, 0) is 66.3 Å². The van der Waals surface area contributed by atoms with E-state index >= 15 is 0 Å². The van der Waals surface area contributed by atoms with Crippen molar-refractivity contribution in [3.8, 4) is 11.3 Å². The number of benzene rings is 3. The fourth-order valence-corrected chi connectivity index (χ4v) is 6.67. The maximum absolute atomic E-state index is 11.7. The van der Waals surface area contributed by atoms with Crippen LogP contribution >= 0.6 is 11.3 Å². The Morgan fingerprint density at radius 3 is 2.19 bits per heavy atom. The maximum Gasteiger partial charge on any atom is 0.162 e. The minimum atomic E-state index is 0. The zero-order valence-electron chi connectivity index (χ0n) is 25.4. The molecule has 0 amide bonds. The number of ketones is 1. The third-order valence-electron chi connectivity index (χ3n) is 8.13. The zero-order chi connectivity index (χ0) is 29.7. The maximum atomic E-state index is 11.7. The van der Waals surface area contributed by atoms with Crippen LogP contribution < -0.4 is 4.57 Å². The number of hydrogen-bond acceptors (Lipinski definition) is 3. The van der Waals surface area contributed by atoms with Crippen molar-refractivity contribution in [3.05, 3.63) is 103 Å². The molecule has 1 N–H and O–H groups in total. The van der Waals surface area contributed by atoms with Crippen molar-refractivity contribution in [2.24, 2.45) is 11.8 Å². The van der Waals surface area contributed by atoms with E-state index in [0.29, 0.717) is 0 Å². The van der Waals surface area contributed by atoms with Crippen LogP contribution in [0.25, 0.3) is 42.9 Å². The number of aromatic nitrogens is 1. The van der Waals surface area contributed by atoms with Crippen molar-refractivity contribution in [1.82, 2.24) is 0 Å². The van der Waals surface area contributed by atoms with Crippen LogP contribution in [0.4, 0.5) is 0 Å². The van der Waals surface area contributed by atoms with Crippen LogP contribution in [0.15, 0.2) is 78.7 Å². The van der Waals surface area contributed by atoms with Gasteiger partial charge < -0.3 is 9.67 Å². The van der Waals surface area contributed by atoms with E-state index in [0.717, 1.165) is 42.5 Å². The molecule has 2 aromatic heterocycles. The molecule has 0 bridgehead atoms. The average molecular weight is 757 g/mol. The summed E-state index contributed by atoms with van der Waals surface area (Å²) in [7, 11) is 4.22. The van der Waals surface area contributed by atoms with Gasteiger partial charge >= 0.3 is 0 Å². The molecule has 5 rings (SSSR count). The Labute approximate surface area is 268 Å². The molecule has 42 heavy (non-hydrogen) atoms. The number of aryl methyl sites for hydroxylation is 1. The second-order valence-electron chi connectivity index (χ2n) is 10.8. The summed E-state index contributed by atoms with van der Waals surface area (Å²) in [4.78, 5) is 13.0. The summed E-state index contributed by atoms with van der Waals surface area (Å²) in [5.74, 6) is 0.547. The van der Waals surface area contributed by atoms with Crippen LogP contribution in [0.3, 0.4) is 0 Å². The first-order chi connectivity index (χ1) is 19.7. The largest absolute Gasteiger partial charge is 0.512 e. The molecule has 0 saturated heterocycles. The fraction of sp³-hybridized carbons (Fsp3) is 0.297. The summed E-state index contributed by atoms with van der Waals surface area (Å²) in [5, 5.41) is 16.0. The number of rotatable bonds is 8. The number of hydrogen-bond donors (Lipinski definition) is 1. The number of aliphatic hydroxyl groups excluding tert-OH is 1. The van der Waals surface area contributed by atoms with E-state index in [1.165, 1.54) is 42.6 Å². The fourth-order valence-electron chi connectivity index (χ4n) is 5.59. The van der Waals surface area contributed by atoms with Crippen LogP contribution in [0.2, 0.25) is 0 Å². The van der Waals surface area contributed by atoms with Gasteiger partial charge in [-0.15, -0.1) is 23.0 Å². The van der Waals surface area contributed by atoms with E-state index in [2.05, 4.69) is 81.6 Å². The van der Waals surface area contributed by atoms with Gasteiger partial charge in [-0.3, -0.25) is 4.79 Å². The Kier molecular flexibility index (Phi) is 11.8. The van der Waals surface area contributed by atoms with E-state index in [-0.39, 0.29) is 43.5 Å². The SMILES string of the molecule is CCC(CC)C(=O)/C=C(\O)C(CC)CC.[CH2-]c1cc2c(ccc3ccccc32)cc1-c1c2sc(C)cc2cc[n+]1[CH2-].[Ir]. The molecular formula is C37H42IrNO2S-. The van der Waals surface area contributed by atoms with Gasteiger partial charge in [-0.1, -0.05) is 69.5 Å². The molecule has 0 aliphatic carbocycles. The molecule has 2 heterocycles. The van der Waals surface area contributed by atoms with Gasteiger partial charge in [0.1, 0.15) is 0 Å². The Morgan fingerprint density at radius 2 is 1.52 bits per heavy atom. The number of fused-ring (bicyclic) bond motifs is 4. The second kappa shape index (κ2) is 14.9. The molecule has 1 radical (unpaired) electrons. The summed E-state index contributed by atoms with van der Waals surface area (Å²) in [5.41, 5.74) is 3.32. The van der Waals surface area contributed by atoms with Gasteiger partial charge in [0.2, 0.25) is 0 Å². The van der Waals surface area contributed by atoms with E-state index in [4.69, 9.17) is 0 Å². The van der Waals surface area contributed by atoms with Crippen LogP contribution in [-0.4, -0.2) is 10.9 Å². The molecule has 0 aliphatic heterocycles. The molecule has 0 saturated carbocycles. The zero-order valence-corrected chi connectivity index (χ0v) is 28.6. The van der Waals surface area contributed by atoms with Crippen molar-refractivity contribution in [2.75, 3.05) is 0 Å².